The molecular formula is C24H30S. The molecule has 132 valence electrons. The van der Waals surface area contributed by atoms with Gasteiger partial charge in [-0.25, -0.2) is 0 Å². The van der Waals surface area contributed by atoms with E-state index in [2.05, 4.69) is 68.6 Å². The smallest absolute Gasteiger partial charge is 0.0137 e. The van der Waals surface area contributed by atoms with Gasteiger partial charge in [0.15, 0.2) is 0 Å². The van der Waals surface area contributed by atoms with Crippen LogP contribution in [0.15, 0.2) is 4.90 Å². The van der Waals surface area contributed by atoms with Crippen molar-refractivity contribution in [3.63, 3.8) is 0 Å². The standard InChI is InChI=1S/C24H30S/c1-11-12(2)14(4)21-18(8)23-19(9)24(25-10)16(6)15(5)22(23)17(7)20(21)13(11)3/h1-10H3. The maximum absolute atomic E-state index is 2.33. The monoisotopic (exact) mass is 350 g/mol. The van der Waals surface area contributed by atoms with Gasteiger partial charge in [-0.15, -0.1) is 11.8 Å². The summed E-state index contributed by atoms with van der Waals surface area (Å²) in [6, 6.07) is 0. The zero-order chi connectivity index (χ0) is 18.8. The normalized spacial score (nSPS) is 11.8. The lowest BCUT2D eigenvalue weighted by atomic mass is 9.81. The predicted molar refractivity (Wildman–Crippen MR) is 116 cm³/mol. The highest BCUT2D eigenvalue weighted by molar-refractivity contribution is 7.98. The molecule has 1 heteroatoms. The second-order valence-electron chi connectivity index (χ2n) is 7.66. The maximum Gasteiger partial charge on any atom is 0.0137 e. The number of benzene rings is 3. The molecule has 0 aliphatic heterocycles. The summed E-state index contributed by atoms with van der Waals surface area (Å²) >= 11 is 1.88. The minimum Gasteiger partial charge on any atom is -0.129 e. The molecule has 3 aromatic rings. The minimum absolute atomic E-state index is 1.44. The zero-order valence-corrected chi connectivity index (χ0v) is 18.2. The highest BCUT2D eigenvalue weighted by atomic mass is 32.2. The molecule has 0 bridgehead atoms. The van der Waals surface area contributed by atoms with Gasteiger partial charge < -0.3 is 0 Å². The summed E-state index contributed by atoms with van der Waals surface area (Å²) in [6.07, 6.45) is 2.20. The summed E-state index contributed by atoms with van der Waals surface area (Å²) in [4.78, 5) is 1.45. The van der Waals surface area contributed by atoms with Crippen molar-refractivity contribution in [2.75, 3.05) is 6.26 Å². The van der Waals surface area contributed by atoms with Crippen molar-refractivity contribution in [3.05, 3.63) is 50.1 Å². The molecule has 0 radical (unpaired) electrons. The Bertz CT molecular complexity index is 1050. The first-order chi connectivity index (χ1) is 11.6. The first-order valence-corrected chi connectivity index (χ1v) is 10.3. The van der Waals surface area contributed by atoms with E-state index in [9.17, 15) is 0 Å². The molecule has 0 unspecified atom stereocenters. The fraction of sp³-hybridized carbons (Fsp3) is 0.417. The molecule has 0 nitrogen and oxygen atoms in total. The molecule has 0 amide bonds. The Morgan fingerprint density at radius 2 is 0.680 bits per heavy atom. The van der Waals surface area contributed by atoms with E-state index < -0.39 is 0 Å². The van der Waals surface area contributed by atoms with Gasteiger partial charge in [-0.3, -0.25) is 0 Å². The Morgan fingerprint density at radius 3 is 1.04 bits per heavy atom. The lowest BCUT2D eigenvalue weighted by Crippen LogP contribution is -2.02. The summed E-state index contributed by atoms with van der Waals surface area (Å²) in [5.74, 6) is 0. The van der Waals surface area contributed by atoms with Crippen LogP contribution in [0.25, 0.3) is 21.5 Å². The second kappa shape index (κ2) is 6.06. The molecule has 0 aliphatic rings. The van der Waals surface area contributed by atoms with Crippen molar-refractivity contribution in [1.82, 2.24) is 0 Å². The lowest BCUT2D eigenvalue weighted by molar-refractivity contribution is 1.20. The van der Waals surface area contributed by atoms with Gasteiger partial charge in [0.05, 0.1) is 0 Å². The van der Waals surface area contributed by atoms with E-state index in [1.807, 2.05) is 11.8 Å². The van der Waals surface area contributed by atoms with E-state index in [1.54, 1.807) is 0 Å². The van der Waals surface area contributed by atoms with Crippen LogP contribution < -0.4 is 0 Å². The average molecular weight is 351 g/mol. The van der Waals surface area contributed by atoms with E-state index in [-0.39, 0.29) is 0 Å². The van der Waals surface area contributed by atoms with Crippen molar-refractivity contribution >= 4 is 33.3 Å². The first-order valence-electron chi connectivity index (χ1n) is 9.11. The molecule has 3 aromatic carbocycles. The Balaban J connectivity index is 2.79. The molecule has 0 saturated heterocycles. The van der Waals surface area contributed by atoms with Crippen LogP contribution in [-0.4, -0.2) is 6.26 Å². The molecule has 0 saturated carbocycles. The minimum atomic E-state index is 1.44. The van der Waals surface area contributed by atoms with Crippen LogP contribution in [-0.2, 0) is 0 Å². The van der Waals surface area contributed by atoms with Crippen molar-refractivity contribution in [1.29, 1.82) is 0 Å². The fourth-order valence-electron chi connectivity index (χ4n) is 4.87. The van der Waals surface area contributed by atoms with Crippen LogP contribution in [0.1, 0.15) is 50.1 Å². The summed E-state index contributed by atoms with van der Waals surface area (Å²) in [5, 5.41) is 5.90. The molecule has 0 spiro atoms. The molecule has 0 aromatic heterocycles. The van der Waals surface area contributed by atoms with Crippen LogP contribution in [0.2, 0.25) is 0 Å². The van der Waals surface area contributed by atoms with E-state index in [0.29, 0.717) is 0 Å². The number of thioether (sulfide) groups is 1. The fourth-order valence-corrected chi connectivity index (χ4v) is 5.74. The van der Waals surface area contributed by atoms with Gasteiger partial charge in [-0.1, -0.05) is 0 Å². The second-order valence-corrected chi connectivity index (χ2v) is 8.47. The van der Waals surface area contributed by atoms with Crippen molar-refractivity contribution in [2.45, 2.75) is 67.2 Å². The predicted octanol–water partition coefficient (Wildman–Crippen LogP) is 7.49. The molecule has 25 heavy (non-hydrogen) atoms. The molecule has 0 atom stereocenters. The third-order valence-electron chi connectivity index (χ3n) is 6.64. The molecule has 0 heterocycles. The van der Waals surface area contributed by atoms with Gasteiger partial charge >= 0.3 is 0 Å². The highest BCUT2D eigenvalue weighted by Crippen LogP contribution is 2.44. The molecule has 0 N–H and O–H groups in total. The van der Waals surface area contributed by atoms with Crippen LogP contribution in [0, 0.1) is 62.3 Å². The SMILES string of the molecule is CSc1c(C)c(C)c2c(C)c3c(C)c(C)c(C)c(C)c3c(C)c2c1C. The van der Waals surface area contributed by atoms with Gasteiger partial charge in [0.1, 0.15) is 0 Å². The number of hydrogen-bond donors (Lipinski definition) is 0. The van der Waals surface area contributed by atoms with Gasteiger partial charge in [-0.05, 0) is 140 Å². The summed E-state index contributed by atoms with van der Waals surface area (Å²) in [6.45, 7) is 20.7. The van der Waals surface area contributed by atoms with Crippen molar-refractivity contribution in [3.8, 4) is 0 Å². The number of aryl methyl sites for hydroxylation is 6. The maximum atomic E-state index is 2.33. The van der Waals surface area contributed by atoms with Crippen LogP contribution >= 0.6 is 11.8 Å². The Kier molecular flexibility index (Phi) is 4.44. The average Bonchev–Trinajstić information content (AvgIpc) is 2.57. The summed E-state index contributed by atoms with van der Waals surface area (Å²) in [5.41, 5.74) is 13.0. The lowest BCUT2D eigenvalue weighted by Gasteiger charge is -2.24. The van der Waals surface area contributed by atoms with Gasteiger partial charge in [0.2, 0.25) is 0 Å². The Hall–Kier alpha value is -1.47. The highest BCUT2D eigenvalue weighted by Gasteiger charge is 2.21. The van der Waals surface area contributed by atoms with E-state index in [0.717, 1.165) is 0 Å². The summed E-state index contributed by atoms with van der Waals surface area (Å²) < 4.78 is 0. The summed E-state index contributed by atoms with van der Waals surface area (Å²) in [7, 11) is 0. The molecule has 0 aliphatic carbocycles. The number of hydrogen-bond acceptors (Lipinski definition) is 1. The number of rotatable bonds is 1. The van der Waals surface area contributed by atoms with Crippen molar-refractivity contribution in [2.24, 2.45) is 0 Å². The Labute approximate surface area is 157 Å². The molecule has 0 fully saturated rings. The van der Waals surface area contributed by atoms with Crippen molar-refractivity contribution < 1.29 is 0 Å². The van der Waals surface area contributed by atoms with Crippen LogP contribution in [0.3, 0.4) is 0 Å². The van der Waals surface area contributed by atoms with E-state index in [4.69, 9.17) is 0 Å². The first kappa shape index (κ1) is 18.3. The molecular weight excluding hydrogens is 320 g/mol. The van der Waals surface area contributed by atoms with Gasteiger partial charge in [0, 0.05) is 4.90 Å². The Morgan fingerprint density at radius 1 is 0.360 bits per heavy atom. The third kappa shape index (κ3) is 2.28. The zero-order valence-electron chi connectivity index (χ0n) is 17.4. The van der Waals surface area contributed by atoms with E-state index >= 15 is 0 Å². The molecule has 3 rings (SSSR count). The van der Waals surface area contributed by atoms with Gasteiger partial charge in [-0.2, -0.15) is 0 Å². The van der Waals surface area contributed by atoms with Crippen LogP contribution in [0.4, 0.5) is 0 Å². The topological polar surface area (TPSA) is 0 Å². The third-order valence-corrected chi connectivity index (χ3v) is 7.66. The quantitative estimate of drug-likeness (QED) is 0.323. The van der Waals surface area contributed by atoms with E-state index in [1.165, 1.54) is 76.5 Å². The largest absolute Gasteiger partial charge is 0.129 e. The van der Waals surface area contributed by atoms with Gasteiger partial charge in [0.25, 0.3) is 0 Å². The number of fused-ring (bicyclic) bond motifs is 2. The van der Waals surface area contributed by atoms with Crippen LogP contribution in [0.5, 0.6) is 0 Å².